The zero-order valence-electron chi connectivity index (χ0n) is 43.3. The Labute approximate surface area is 409 Å². The number of rotatable bonds is 1. The maximum atomic E-state index is 7.63. The van der Waals surface area contributed by atoms with Gasteiger partial charge in [0.1, 0.15) is 5.52 Å². The Bertz CT molecular complexity index is 3310. The molecule has 8 N–H and O–H groups in total. The Morgan fingerprint density at radius 2 is 0.881 bits per heavy atom. The third kappa shape index (κ3) is 12.3. The molecule has 0 amide bonds. The molecular weight excluding hydrogens is 872 g/mol. The molecule has 348 valence electrons. The number of nitrogens with zero attached hydrogens (tertiary/aromatic N) is 4. The van der Waals surface area contributed by atoms with E-state index in [1.54, 1.807) is 38.1 Å². The van der Waals surface area contributed by atoms with E-state index >= 15 is 0 Å². The van der Waals surface area contributed by atoms with Gasteiger partial charge in [-0.1, -0.05) is 143 Å². The molecular formula is C56H64Cl2N8O. The highest BCUT2D eigenvalue weighted by Gasteiger charge is 2.22. The molecule has 0 bridgehead atoms. The first-order chi connectivity index (χ1) is 32.4. The smallest absolute Gasteiger partial charge is 0.227 e. The van der Waals surface area contributed by atoms with Crippen LogP contribution in [0.25, 0.3) is 55.3 Å². The van der Waals surface area contributed by atoms with Crippen molar-refractivity contribution in [1.29, 1.82) is 0 Å². The number of nitrogen functional groups attached to an aromatic ring is 4. The van der Waals surface area contributed by atoms with Crippen LogP contribution >= 0.6 is 23.2 Å². The third-order valence-electron chi connectivity index (χ3n) is 10.8. The van der Waals surface area contributed by atoms with Gasteiger partial charge in [0.05, 0.1) is 50.7 Å². The molecule has 0 aliphatic carbocycles. The van der Waals surface area contributed by atoms with Gasteiger partial charge < -0.3 is 27.4 Å². The number of hydrogen-bond donors (Lipinski definition) is 4. The fraction of sp³-hybridized carbons (Fsp3) is 0.286. The second kappa shape index (κ2) is 19.4. The van der Waals surface area contributed by atoms with Crippen molar-refractivity contribution in [2.75, 3.05) is 22.9 Å². The molecule has 9 nitrogen and oxygen atoms in total. The predicted octanol–water partition coefficient (Wildman–Crippen LogP) is 15.0. The van der Waals surface area contributed by atoms with Gasteiger partial charge >= 0.3 is 0 Å². The van der Waals surface area contributed by atoms with Gasteiger partial charge in [0, 0.05) is 57.8 Å². The molecule has 0 saturated heterocycles. The summed E-state index contributed by atoms with van der Waals surface area (Å²) < 4.78 is 28.8. The zero-order valence-corrected chi connectivity index (χ0v) is 41.8. The van der Waals surface area contributed by atoms with Crippen molar-refractivity contribution in [2.24, 2.45) is 0 Å². The summed E-state index contributed by atoms with van der Waals surface area (Å²) in [4.78, 5) is 18.2. The number of anilines is 4. The molecule has 0 fully saturated rings. The quantitative estimate of drug-likeness (QED) is 0.117. The van der Waals surface area contributed by atoms with Gasteiger partial charge in [-0.2, -0.15) is 0 Å². The minimum Gasteiger partial charge on any atom is -0.436 e. The molecule has 5 aromatic carbocycles. The van der Waals surface area contributed by atoms with Crippen LogP contribution in [-0.2, 0) is 21.7 Å². The van der Waals surface area contributed by atoms with Crippen LogP contribution in [0.4, 0.5) is 22.7 Å². The summed E-state index contributed by atoms with van der Waals surface area (Å²) in [6, 6.07) is 38.4. The van der Waals surface area contributed by atoms with Crippen LogP contribution in [0.3, 0.4) is 0 Å². The third-order valence-corrected chi connectivity index (χ3v) is 11.2. The highest BCUT2D eigenvalue weighted by atomic mass is 35.5. The summed E-state index contributed by atoms with van der Waals surface area (Å²) in [5.41, 5.74) is 34.2. The van der Waals surface area contributed by atoms with Crippen LogP contribution in [-0.4, -0.2) is 19.9 Å². The van der Waals surface area contributed by atoms with E-state index in [9.17, 15) is 0 Å². The van der Waals surface area contributed by atoms with Crippen LogP contribution in [0.5, 0.6) is 0 Å². The maximum absolute atomic E-state index is 7.63. The van der Waals surface area contributed by atoms with Crippen molar-refractivity contribution in [3.63, 3.8) is 0 Å². The van der Waals surface area contributed by atoms with Crippen LogP contribution in [0.2, 0.25) is 10.0 Å². The van der Waals surface area contributed by atoms with Gasteiger partial charge in [0.25, 0.3) is 0 Å². The Balaban J connectivity index is 0.000000154. The molecule has 9 rings (SSSR count). The number of fused-ring (bicyclic) bond motifs is 4. The molecule has 4 aromatic heterocycles. The number of aromatic nitrogens is 4. The molecule has 0 aliphatic heterocycles. The molecule has 67 heavy (non-hydrogen) atoms. The van der Waals surface area contributed by atoms with Crippen LogP contribution < -0.4 is 22.9 Å². The lowest BCUT2D eigenvalue weighted by Crippen LogP contribution is -2.16. The summed E-state index contributed by atoms with van der Waals surface area (Å²) in [6.07, 6.45) is 0. The fourth-order valence-electron chi connectivity index (χ4n) is 7.51. The van der Waals surface area contributed by atoms with E-state index in [0.717, 1.165) is 77.9 Å². The highest BCUT2D eigenvalue weighted by molar-refractivity contribution is 6.31. The van der Waals surface area contributed by atoms with E-state index < -0.39 is 12.3 Å². The summed E-state index contributed by atoms with van der Waals surface area (Å²) >= 11 is 11.8. The van der Waals surface area contributed by atoms with Crippen LogP contribution in [0.1, 0.15) is 110 Å². The SMILES string of the molecule is CC(C)(C)c1cc2oc(-c3ccccc3)nc2cc1N.CC(C)(C)c1nc2ccc(Cl)cc2cc1N.CC(C)(C)c1nc2ccccc2cc1N.[2H]C([2H])([2H])C(C)(C)c1nc2ccc(Cl)cc2cc1N. The van der Waals surface area contributed by atoms with Gasteiger partial charge in [0.15, 0.2) is 5.58 Å². The molecule has 0 atom stereocenters. The Morgan fingerprint density at radius 3 is 1.36 bits per heavy atom. The van der Waals surface area contributed by atoms with E-state index in [1.165, 1.54) is 0 Å². The lowest BCUT2D eigenvalue weighted by atomic mass is 9.86. The predicted molar refractivity (Wildman–Crippen MR) is 287 cm³/mol. The van der Waals surface area contributed by atoms with Gasteiger partial charge in [-0.05, 0) is 95.9 Å². The molecule has 4 heterocycles. The van der Waals surface area contributed by atoms with E-state index in [-0.39, 0.29) is 16.2 Å². The summed E-state index contributed by atoms with van der Waals surface area (Å²) in [5, 5.41) is 4.19. The number of oxazole rings is 1. The highest BCUT2D eigenvalue weighted by Crippen LogP contribution is 2.35. The number of halogens is 2. The number of pyridine rings is 3. The van der Waals surface area contributed by atoms with Crippen LogP contribution in [0.15, 0.2) is 126 Å². The molecule has 0 radical (unpaired) electrons. The Kier molecular flexibility index (Phi) is 13.3. The van der Waals surface area contributed by atoms with Gasteiger partial charge in [-0.15, -0.1) is 0 Å². The second-order valence-corrected chi connectivity index (χ2v) is 21.2. The Morgan fingerprint density at radius 1 is 0.433 bits per heavy atom. The monoisotopic (exact) mass is 937 g/mol. The van der Waals surface area contributed by atoms with E-state index in [1.807, 2.05) is 97.1 Å². The van der Waals surface area contributed by atoms with Crippen molar-refractivity contribution in [3.8, 4) is 11.5 Å². The van der Waals surface area contributed by atoms with Gasteiger partial charge in [-0.25, -0.2) is 4.98 Å². The first-order valence-electron chi connectivity index (χ1n) is 23.6. The maximum Gasteiger partial charge on any atom is 0.227 e. The first-order valence-corrected chi connectivity index (χ1v) is 22.8. The number of nitrogens with two attached hydrogens (primary N) is 4. The average Bonchev–Trinajstić information content (AvgIpc) is 3.68. The van der Waals surface area contributed by atoms with Gasteiger partial charge in [-0.3, -0.25) is 15.0 Å². The second-order valence-electron chi connectivity index (χ2n) is 20.3. The number of para-hydroxylation sites is 1. The van der Waals surface area contributed by atoms with Crippen molar-refractivity contribution in [2.45, 2.75) is 105 Å². The van der Waals surface area contributed by atoms with Crippen molar-refractivity contribution in [1.82, 2.24) is 19.9 Å². The van der Waals surface area contributed by atoms with Crippen molar-refractivity contribution in [3.05, 3.63) is 154 Å². The molecule has 0 aliphatic rings. The summed E-state index contributed by atoms with van der Waals surface area (Å²) in [7, 11) is 0. The van der Waals surface area contributed by atoms with E-state index in [0.29, 0.717) is 32.8 Å². The normalized spacial score (nSPS) is 12.8. The lowest BCUT2D eigenvalue weighted by Gasteiger charge is -2.20. The lowest BCUT2D eigenvalue weighted by molar-refractivity contribution is 0.574. The molecule has 0 saturated carbocycles. The topological polar surface area (TPSA) is 169 Å². The van der Waals surface area contributed by atoms with E-state index in [4.69, 9.17) is 54.7 Å². The fourth-order valence-corrected chi connectivity index (χ4v) is 7.87. The number of hydrogen-bond acceptors (Lipinski definition) is 9. The molecule has 0 spiro atoms. The minimum atomic E-state index is -2.17. The molecule has 11 heteroatoms. The zero-order chi connectivity index (χ0) is 51.7. The minimum absolute atomic E-state index is 0.00584. The standard InChI is InChI=1S/C17H18N2O.2C13H15ClN2.C13H16N2/c1-17(2,3)12-9-15-14(10-13(12)18)19-16(20-15)11-7-5-4-6-8-11;2*1-13(2,3)12-10(15)7-8-6-9(14)4-5-11(8)16-12;1-13(2,3)12-10(14)8-9-6-4-5-7-11(9)15-12/h4-10H,18H2,1-3H3;2*4-7H,15H2,1-3H3;4-8H,14H2,1-3H3/i;1D3;;. The molecule has 0 unspecified atom stereocenters. The van der Waals surface area contributed by atoms with Gasteiger partial charge in [0.2, 0.25) is 5.89 Å². The Hall–Kier alpha value is -6.42. The van der Waals surface area contributed by atoms with Crippen molar-refractivity contribution >= 4 is 89.8 Å². The largest absolute Gasteiger partial charge is 0.436 e. The summed E-state index contributed by atoms with van der Waals surface area (Å²) in [6.45, 7) is 20.2. The van der Waals surface area contributed by atoms with E-state index in [2.05, 4.69) is 82.2 Å². The number of benzene rings is 5. The van der Waals surface area contributed by atoms with Crippen LogP contribution in [0, 0.1) is 0 Å². The first kappa shape index (κ1) is 45.7. The van der Waals surface area contributed by atoms with Crippen molar-refractivity contribution < 1.29 is 8.53 Å². The average molecular weight is 939 g/mol. The molecule has 9 aromatic rings. The summed E-state index contributed by atoms with van der Waals surface area (Å²) in [5.74, 6) is 0.631.